The van der Waals surface area contributed by atoms with Gasteiger partial charge in [-0.3, -0.25) is 4.79 Å². The largest absolute Gasteiger partial charge is 0.389 e. The summed E-state index contributed by atoms with van der Waals surface area (Å²) in [6.45, 7) is 2.04. The number of aliphatic hydroxyl groups excluding tert-OH is 1. The molecule has 0 radical (unpaired) electrons. The van der Waals surface area contributed by atoms with Crippen molar-refractivity contribution in [3.8, 4) is 11.8 Å². The van der Waals surface area contributed by atoms with Crippen LogP contribution in [0.3, 0.4) is 0 Å². The second kappa shape index (κ2) is 7.25. The van der Waals surface area contributed by atoms with Gasteiger partial charge in [-0.05, 0) is 12.8 Å². The molecule has 0 saturated carbocycles. The summed E-state index contributed by atoms with van der Waals surface area (Å²) >= 11 is 0. The minimum absolute atomic E-state index is 0.463. The van der Waals surface area contributed by atoms with Gasteiger partial charge in [-0.15, -0.1) is 11.8 Å². The molecule has 2 N–H and O–H groups in total. The topological polar surface area (TPSA) is 49.3 Å². The Morgan fingerprint density at radius 1 is 1.53 bits per heavy atom. The average Bonchev–Trinajstić information content (AvgIpc) is 2.60. The Morgan fingerprint density at radius 2 is 2.21 bits per heavy atom. The van der Waals surface area contributed by atoms with Gasteiger partial charge >= 0.3 is 5.92 Å². The van der Waals surface area contributed by atoms with Gasteiger partial charge in [0.1, 0.15) is 0 Å². The first kappa shape index (κ1) is 15.6. The third kappa shape index (κ3) is 5.39. The van der Waals surface area contributed by atoms with Gasteiger partial charge < -0.3 is 10.4 Å². The number of carbonyl (C=O) groups excluding carboxylic acids is 1. The molecule has 1 aliphatic heterocycles. The molecule has 1 saturated heterocycles. The molecule has 19 heavy (non-hydrogen) atoms. The van der Waals surface area contributed by atoms with Crippen LogP contribution in [0.15, 0.2) is 12.2 Å². The highest BCUT2D eigenvalue weighted by Gasteiger charge is 2.47. The lowest BCUT2D eigenvalue weighted by atomic mass is 10.1. The van der Waals surface area contributed by atoms with E-state index >= 15 is 0 Å². The van der Waals surface area contributed by atoms with Crippen molar-refractivity contribution in [3.63, 3.8) is 0 Å². The second-order valence-electron chi connectivity index (χ2n) is 4.58. The standard InChI is InChI=1S/C14H19F2NO2/c1-2-3-4-5-6-7-12(18)9-8-11-10-14(15,16)13(19)17-11/h8-9,11-12,18H,2-3,6-7,10H2,1H3,(H,17,19)/b9-8+/t11-,12-/m0/s1. The van der Waals surface area contributed by atoms with Gasteiger partial charge in [-0.1, -0.05) is 19.1 Å². The molecule has 1 heterocycles. The van der Waals surface area contributed by atoms with Gasteiger partial charge in [-0.2, -0.15) is 8.78 Å². The molecule has 0 bridgehead atoms. The minimum atomic E-state index is -3.30. The number of aliphatic hydroxyl groups is 1. The molecule has 0 aromatic heterocycles. The summed E-state index contributed by atoms with van der Waals surface area (Å²) in [6.07, 6.45) is 4.47. The van der Waals surface area contributed by atoms with Crippen LogP contribution in [0.5, 0.6) is 0 Å². The van der Waals surface area contributed by atoms with E-state index in [0.29, 0.717) is 12.8 Å². The van der Waals surface area contributed by atoms with Crippen molar-refractivity contribution in [3.05, 3.63) is 12.2 Å². The smallest absolute Gasteiger partial charge is 0.326 e. The van der Waals surface area contributed by atoms with Gasteiger partial charge in [0.25, 0.3) is 5.91 Å². The SMILES string of the molecule is CCCC#CCC[C@H](O)/C=C/[C@H]1CC(F)(F)C(=O)N1. The third-order valence-corrected chi connectivity index (χ3v) is 2.76. The Balaban J connectivity index is 2.30. The normalized spacial score (nSPS) is 22.9. The van der Waals surface area contributed by atoms with Gasteiger partial charge in [0, 0.05) is 19.3 Å². The molecule has 1 fully saturated rings. The third-order valence-electron chi connectivity index (χ3n) is 2.76. The number of rotatable bonds is 5. The highest BCUT2D eigenvalue weighted by molar-refractivity contribution is 5.86. The Hall–Kier alpha value is -1.41. The predicted octanol–water partition coefficient (Wildman–Crippen LogP) is 2.01. The van der Waals surface area contributed by atoms with Crippen molar-refractivity contribution >= 4 is 5.91 Å². The summed E-state index contributed by atoms with van der Waals surface area (Å²) in [5.74, 6) is 1.35. The van der Waals surface area contributed by atoms with E-state index in [-0.39, 0.29) is 0 Å². The zero-order valence-electron chi connectivity index (χ0n) is 11.0. The molecular formula is C14H19F2NO2. The fourth-order valence-electron chi connectivity index (χ4n) is 1.69. The van der Waals surface area contributed by atoms with E-state index in [2.05, 4.69) is 17.2 Å². The summed E-state index contributed by atoms with van der Waals surface area (Å²) in [7, 11) is 0. The maximum atomic E-state index is 12.9. The lowest BCUT2D eigenvalue weighted by molar-refractivity contribution is -0.139. The van der Waals surface area contributed by atoms with Crippen LogP contribution in [0.1, 0.15) is 39.0 Å². The van der Waals surface area contributed by atoms with E-state index in [0.717, 1.165) is 12.8 Å². The van der Waals surface area contributed by atoms with Crippen LogP contribution in [-0.4, -0.2) is 29.1 Å². The Kier molecular flexibility index (Phi) is 5.97. The van der Waals surface area contributed by atoms with E-state index in [9.17, 15) is 18.7 Å². The molecule has 1 amide bonds. The molecule has 0 aromatic carbocycles. The van der Waals surface area contributed by atoms with Crippen LogP contribution in [0.2, 0.25) is 0 Å². The fraction of sp³-hybridized carbons (Fsp3) is 0.643. The second-order valence-corrected chi connectivity index (χ2v) is 4.58. The fourth-order valence-corrected chi connectivity index (χ4v) is 1.69. The van der Waals surface area contributed by atoms with E-state index in [1.807, 2.05) is 6.92 Å². The molecule has 0 aliphatic carbocycles. The number of nitrogens with one attached hydrogen (secondary N) is 1. The van der Waals surface area contributed by atoms with Crippen LogP contribution >= 0.6 is 0 Å². The molecule has 3 nitrogen and oxygen atoms in total. The van der Waals surface area contributed by atoms with Gasteiger partial charge in [0.15, 0.2) is 0 Å². The summed E-state index contributed by atoms with van der Waals surface area (Å²) in [5.41, 5.74) is 0. The average molecular weight is 271 g/mol. The van der Waals surface area contributed by atoms with Crippen molar-refractivity contribution in [2.24, 2.45) is 0 Å². The van der Waals surface area contributed by atoms with E-state index in [1.54, 1.807) is 0 Å². The summed E-state index contributed by atoms with van der Waals surface area (Å²) < 4.78 is 25.8. The Bertz CT molecular complexity index is 396. The molecule has 106 valence electrons. The molecule has 0 spiro atoms. The van der Waals surface area contributed by atoms with Crippen molar-refractivity contribution in [1.29, 1.82) is 0 Å². The van der Waals surface area contributed by atoms with Gasteiger partial charge in [0.2, 0.25) is 0 Å². The van der Waals surface area contributed by atoms with Crippen LogP contribution in [0.4, 0.5) is 8.78 Å². The predicted molar refractivity (Wildman–Crippen MR) is 68.6 cm³/mol. The summed E-state index contributed by atoms with van der Waals surface area (Å²) in [4.78, 5) is 10.8. The zero-order chi connectivity index (χ0) is 14.3. The molecule has 5 heteroatoms. The number of amides is 1. The van der Waals surface area contributed by atoms with Crippen LogP contribution in [0, 0.1) is 11.8 Å². The van der Waals surface area contributed by atoms with Crippen LogP contribution < -0.4 is 5.32 Å². The summed E-state index contributed by atoms with van der Waals surface area (Å²) in [6, 6.07) is -0.705. The number of unbranched alkanes of at least 4 members (excludes halogenated alkanes) is 1. The summed E-state index contributed by atoms with van der Waals surface area (Å²) in [5, 5.41) is 11.8. The number of carbonyl (C=O) groups is 1. The number of halogens is 2. The van der Waals surface area contributed by atoms with E-state index in [4.69, 9.17) is 0 Å². The van der Waals surface area contributed by atoms with Crippen LogP contribution in [0.25, 0.3) is 0 Å². The number of hydrogen-bond acceptors (Lipinski definition) is 2. The lowest BCUT2D eigenvalue weighted by Crippen LogP contribution is -2.30. The molecule has 2 atom stereocenters. The van der Waals surface area contributed by atoms with Crippen molar-refractivity contribution in [2.45, 2.75) is 57.1 Å². The van der Waals surface area contributed by atoms with Gasteiger partial charge in [0.05, 0.1) is 12.1 Å². The quantitative estimate of drug-likeness (QED) is 0.593. The van der Waals surface area contributed by atoms with Crippen LogP contribution in [-0.2, 0) is 4.79 Å². The molecule has 0 unspecified atom stereocenters. The Morgan fingerprint density at radius 3 is 2.79 bits per heavy atom. The minimum Gasteiger partial charge on any atom is -0.389 e. The lowest BCUT2D eigenvalue weighted by Gasteiger charge is -2.05. The van der Waals surface area contributed by atoms with E-state index in [1.165, 1.54) is 12.2 Å². The van der Waals surface area contributed by atoms with E-state index < -0.39 is 30.4 Å². The maximum Gasteiger partial charge on any atom is 0.326 e. The monoisotopic (exact) mass is 271 g/mol. The van der Waals surface area contributed by atoms with Crippen molar-refractivity contribution < 1.29 is 18.7 Å². The van der Waals surface area contributed by atoms with Gasteiger partial charge in [-0.25, -0.2) is 0 Å². The van der Waals surface area contributed by atoms with Crippen molar-refractivity contribution in [2.75, 3.05) is 0 Å². The highest BCUT2D eigenvalue weighted by atomic mass is 19.3. The molecule has 0 aromatic rings. The number of alkyl halides is 2. The number of hydrogen-bond donors (Lipinski definition) is 2. The molecule has 1 rings (SSSR count). The highest BCUT2D eigenvalue weighted by Crippen LogP contribution is 2.27. The molecule has 1 aliphatic rings. The first-order valence-corrected chi connectivity index (χ1v) is 6.46. The van der Waals surface area contributed by atoms with Crippen molar-refractivity contribution in [1.82, 2.24) is 5.32 Å². The Labute approximate surface area is 112 Å². The molecular weight excluding hydrogens is 252 g/mol. The first-order chi connectivity index (χ1) is 8.95. The maximum absolute atomic E-state index is 12.9. The zero-order valence-corrected chi connectivity index (χ0v) is 11.0. The first-order valence-electron chi connectivity index (χ1n) is 6.46.